The molecule has 0 spiro atoms. The second kappa shape index (κ2) is 15.3. The molecule has 0 N–H and O–H groups in total. The second-order valence-corrected chi connectivity index (χ2v) is 20.6. The van der Waals surface area contributed by atoms with Crippen LogP contribution in [0.4, 0.5) is 0 Å². The van der Waals surface area contributed by atoms with Crippen LogP contribution in [0, 0.1) is 0 Å². The number of furan rings is 1. The van der Waals surface area contributed by atoms with E-state index in [0.29, 0.717) is 0 Å². The van der Waals surface area contributed by atoms with Crippen molar-refractivity contribution in [1.82, 2.24) is 9.13 Å². The molecule has 2 aliphatic carbocycles. The van der Waals surface area contributed by atoms with E-state index in [9.17, 15) is 0 Å². The van der Waals surface area contributed by atoms with Gasteiger partial charge in [0.15, 0.2) is 0 Å². The Morgan fingerprint density at radius 3 is 1.68 bits per heavy atom. The average Bonchev–Trinajstić information content (AvgIpc) is 4.23. The zero-order chi connectivity index (χ0) is 45.2. The summed E-state index contributed by atoms with van der Waals surface area (Å²) in [5.74, 6) is 0. The molecule has 5 aromatic heterocycles. The third-order valence-electron chi connectivity index (χ3n) is 14.6. The van der Waals surface area contributed by atoms with Gasteiger partial charge in [-0.15, -0.1) is 22.7 Å². The van der Waals surface area contributed by atoms with Crippen LogP contribution in [0.1, 0.15) is 29.7 Å². The van der Waals surface area contributed by atoms with Crippen molar-refractivity contribution in [1.29, 1.82) is 0 Å². The fourth-order valence-corrected chi connectivity index (χ4v) is 14.1. The van der Waals surface area contributed by atoms with Crippen LogP contribution in [-0.4, -0.2) is 9.13 Å². The van der Waals surface area contributed by atoms with E-state index in [1.807, 2.05) is 22.7 Å². The van der Waals surface area contributed by atoms with Crippen molar-refractivity contribution in [3.05, 3.63) is 211 Å². The Bertz CT molecular complexity index is 4370. The lowest BCUT2D eigenvalue weighted by atomic mass is 9.91. The molecule has 5 heteroatoms. The van der Waals surface area contributed by atoms with Gasteiger partial charge < -0.3 is 13.6 Å². The van der Waals surface area contributed by atoms with Crippen molar-refractivity contribution >= 4 is 110 Å². The van der Waals surface area contributed by atoms with Crippen LogP contribution < -0.4 is 0 Å². The molecular formula is C64H42N2OS2. The van der Waals surface area contributed by atoms with Crippen molar-refractivity contribution < 1.29 is 4.42 Å². The van der Waals surface area contributed by atoms with Gasteiger partial charge in [-0.25, -0.2) is 0 Å². The number of fused-ring (bicyclic) bond motifs is 11. The van der Waals surface area contributed by atoms with Gasteiger partial charge in [0, 0.05) is 79.5 Å². The maximum absolute atomic E-state index is 6.66. The summed E-state index contributed by atoms with van der Waals surface area (Å²) in [6.07, 6.45) is 15.9. The van der Waals surface area contributed by atoms with Gasteiger partial charge in [0.1, 0.15) is 11.2 Å². The Morgan fingerprint density at radius 2 is 0.971 bits per heavy atom. The van der Waals surface area contributed by atoms with Crippen LogP contribution in [-0.2, 0) is 6.42 Å². The summed E-state index contributed by atoms with van der Waals surface area (Å²) in [7, 11) is 0. The van der Waals surface area contributed by atoms with Gasteiger partial charge in [-0.2, -0.15) is 0 Å². The van der Waals surface area contributed by atoms with Gasteiger partial charge in [0.2, 0.25) is 0 Å². The van der Waals surface area contributed by atoms with E-state index >= 15 is 0 Å². The van der Waals surface area contributed by atoms with Crippen molar-refractivity contribution in [2.45, 2.75) is 25.7 Å². The molecule has 0 aliphatic heterocycles. The summed E-state index contributed by atoms with van der Waals surface area (Å²) < 4.78 is 12.8. The van der Waals surface area contributed by atoms with E-state index in [1.54, 1.807) is 0 Å². The second-order valence-electron chi connectivity index (χ2n) is 18.5. The van der Waals surface area contributed by atoms with E-state index in [4.69, 9.17) is 4.42 Å². The molecule has 15 rings (SSSR count). The Morgan fingerprint density at radius 1 is 0.406 bits per heavy atom. The minimum absolute atomic E-state index is 0.905. The number of rotatable bonds is 6. The van der Waals surface area contributed by atoms with Crippen LogP contribution in [0.5, 0.6) is 0 Å². The normalized spacial score (nSPS) is 13.8. The number of nitrogens with zero attached hydrogens (tertiary/aromatic N) is 2. The number of hydrogen-bond donors (Lipinski definition) is 0. The zero-order valence-electron chi connectivity index (χ0n) is 37.6. The Hall–Kier alpha value is -7.96. The van der Waals surface area contributed by atoms with Gasteiger partial charge in [-0.1, -0.05) is 103 Å². The maximum atomic E-state index is 6.66. The molecule has 326 valence electrons. The van der Waals surface area contributed by atoms with Gasteiger partial charge in [0.25, 0.3) is 0 Å². The topological polar surface area (TPSA) is 23.0 Å². The van der Waals surface area contributed by atoms with Crippen LogP contribution in [0.3, 0.4) is 0 Å². The molecule has 0 atom stereocenters. The van der Waals surface area contributed by atoms with E-state index in [2.05, 4.69) is 215 Å². The Balaban J connectivity index is 0.885. The highest BCUT2D eigenvalue weighted by Gasteiger charge is 2.25. The van der Waals surface area contributed by atoms with Gasteiger partial charge in [-0.3, -0.25) is 0 Å². The standard InChI is InChI=1S/C64H42N2OS2/c1-3-15-43(16-4-1)65-53-23-11-7-19-45(53)49-35-39(27-31-55(49)65)61-47-21-9-13-25-59(47)68-63(61)41-29-33-57-51(37-41)52-38-42(30-34-58(52)67-57)64-62(48-22-10-14-26-60(48)69-64)40-28-32-56-50(36-40)46-20-8-12-24-54(46)66(56)44-17-5-2-6-18-44/h1,3-5,7-9,11-21,23-38H,2,6,10,22H2. The number of aromatic nitrogens is 2. The molecule has 8 aromatic carbocycles. The SMILES string of the molecule is C1=CC(n2c3ccccc3c3cc(-c4c(-c5ccc6oc7ccc(-c8sc9ccccc9c8-c8ccc9c(c8)c8ccccc8n9-c8ccccc8)cc7c6c5)sc5c4CCC=C5)ccc32)=CCC1. The van der Waals surface area contributed by atoms with Crippen molar-refractivity contribution in [2.75, 3.05) is 0 Å². The molecule has 69 heavy (non-hydrogen) atoms. The summed E-state index contributed by atoms with van der Waals surface area (Å²) in [4.78, 5) is 3.95. The van der Waals surface area contributed by atoms with Gasteiger partial charge in [-0.05, 0) is 157 Å². The van der Waals surface area contributed by atoms with E-state index in [-0.39, 0.29) is 0 Å². The summed E-state index contributed by atoms with van der Waals surface area (Å²) in [5, 5.41) is 8.65. The molecule has 0 fully saturated rings. The Labute approximate surface area is 406 Å². The molecular weight excluding hydrogens is 877 g/mol. The summed E-state index contributed by atoms with van der Waals surface area (Å²) in [6.45, 7) is 0. The van der Waals surface area contributed by atoms with E-state index < -0.39 is 0 Å². The van der Waals surface area contributed by atoms with E-state index in [0.717, 1.165) is 47.6 Å². The molecule has 3 nitrogen and oxygen atoms in total. The van der Waals surface area contributed by atoms with Gasteiger partial charge >= 0.3 is 0 Å². The predicted octanol–water partition coefficient (Wildman–Crippen LogP) is 18.9. The molecule has 0 radical (unpaired) electrons. The molecule has 13 aromatic rings. The summed E-state index contributed by atoms with van der Waals surface area (Å²) >= 11 is 3.80. The zero-order valence-corrected chi connectivity index (χ0v) is 39.2. The first-order valence-electron chi connectivity index (χ1n) is 24.0. The number of allylic oxidation sites excluding steroid dienone is 5. The highest BCUT2D eigenvalue weighted by Crippen LogP contribution is 2.50. The molecule has 0 amide bonds. The third-order valence-corrected chi connectivity index (χ3v) is 17.1. The number of benzene rings is 8. The quantitative estimate of drug-likeness (QED) is 0.163. The van der Waals surface area contributed by atoms with Crippen molar-refractivity contribution in [3.8, 4) is 48.8 Å². The van der Waals surface area contributed by atoms with Crippen molar-refractivity contribution in [3.63, 3.8) is 0 Å². The van der Waals surface area contributed by atoms with Crippen LogP contribution >= 0.6 is 22.7 Å². The lowest BCUT2D eigenvalue weighted by Gasteiger charge is -2.13. The molecule has 2 aliphatic rings. The highest BCUT2D eigenvalue weighted by molar-refractivity contribution is 7.23. The first-order chi connectivity index (χ1) is 34.2. The molecule has 5 heterocycles. The van der Waals surface area contributed by atoms with Gasteiger partial charge in [0.05, 0.1) is 22.1 Å². The minimum atomic E-state index is 0.905. The molecule has 0 bridgehead atoms. The van der Waals surface area contributed by atoms with E-state index in [1.165, 1.54) is 119 Å². The first-order valence-corrected chi connectivity index (χ1v) is 25.7. The maximum Gasteiger partial charge on any atom is 0.135 e. The minimum Gasteiger partial charge on any atom is -0.456 e. The Kier molecular flexibility index (Phi) is 8.65. The monoisotopic (exact) mass is 918 g/mol. The number of hydrogen-bond acceptors (Lipinski definition) is 3. The smallest absolute Gasteiger partial charge is 0.135 e. The fourth-order valence-electron chi connectivity index (χ4n) is 11.5. The first kappa shape index (κ1) is 39.1. The fraction of sp³-hybridized carbons (Fsp3) is 0.0625. The third kappa shape index (κ3) is 5.97. The van der Waals surface area contributed by atoms with Crippen LogP contribution in [0.15, 0.2) is 205 Å². The summed E-state index contributed by atoms with van der Waals surface area (Å²) in [5.41, 5.74) is 18.2. The average molecular weight is 919 g/mol. The number of thiophene rings is 2. The lowest BCUT2D eigenvalue weighted by Crippen LogP contribution is -1.97. The number of para-hydroxylation sites is 3. The highest BCUT2D eigenvalue weighted by atomic mass is 32.1. The molecule has 0 unspecified atom stereocenters. The lowest BCUT2D eigenvalue weighted by molar-refractivity contribution is 0.669. The van der Waals surface area contributed by atoms with Crippen molar-refractivity contribution in [2.24, 2.45) is 0 Å². The summed E-state index contributed by atoms with van der Waals surface area (Å²) in [6, 6.07) is 65.2. The van der Waals surface area contributed by atoms with Crippen LogP contribution in [0.2, 0.25) is 0 Å². The van der Waals surface area contributed by atoms with Crippen LogP contribution in [0.25, 0.3) is 136 Å². The molecule has 0 saturated carbocycles. The largest absolute Gasteiger partial charge is 0.456 e. The predicted molar refractivity (Wildman–Crippen MR) is 296 cm³/mol. The molecule has 0 saturated heterocycles.